The molecule has 0 atom stereocenters. The molecule has 0 bridgehead atoms. The highest BCUT2D eigenvalue weighted by atomic mass is 35.5. The highest BCUT2D eigenvalue weighted by Crippen LogP contribution is 2.36. The number of methoxy groups -OCH3 is 1. The molecule has 3 rings (SSSR count). The van der Waals surface area contributed by atoms with E-state index in [1.54, 1.807) is 67.5 Å². The lowest BCUT2D eigenvalue weighted by Gasteiger charge is -2.12. The summed E-state index contributed by atoms with van der Waals surface area (Å²) in [5, 5.41) is 1.09. The van der Waals surface area contributed by atoms with E-state index in [0.717, 1.165) is 0 Å². The minimum absolute atomic E-state index is 0.148. The van der Waals surface area contributed by atoms with E-state index >= 15 is 0 Å². The molecule has 1 aliphatic heterocycles. The predicted octanol–water partition coefficient (Wildman–Crippen LogP) is 5.15. The zero-order valence-corrected chi connectivity index (χ0v) is 18.4. The molecule has 1 saturated heterocycles. The van der Waals surface area contributed by atoms with Crippen LogP contribution in [-0.2, 0) is 9.53 Å². The van der Waals surface area contributed by atoms with Crippen molar-refractivity contribution in [1.82, 2.24) is 4.90 Å². The van der Waals surface area contributed by atoms with Gasteiger partial charge in [-0.3, -0.25) is 9.69 Å². The van der Waals surface area contributed by atoms with E-state index in [1.165, 1.54) is 11.8 Å². The van der Waals surface area contributed by atoms with Crippen LogP contribution in [0.15, 0.2) is 52.4 Å². The fourth-order valence-electron chi connectivity index (χ4n) is 2.86. The van der Waals surface area contributed by atoms with E-state index in [1.807, 2.05) is 6.92 Å². The number of hydrogen-bond acceptors (Lipinski definition) is 6. The van der Waals surface area contributed by atoms with Crippen molar-refractivity contribution in [3.63, 3.8) is 0 Å². The van der Waals surface area contributed by atoms with Crippen LogP contribution in [0.4, 0.5) is 5.69 Å². The molecule has 0 aromatic heterocycles. The number of rotatable bonds is 6. The van der Waals surface area contributed by atoms with Crippen molar-refractivity contribution in [1.29, 1.82) is 0 Å². The number of hydrogen-bond donors (Lipinski definition) is 0. The van der Waals surface area contributed by atoms with Crippen LogP contribution in [-0.4, -0.2) is 42.2 Å². The highest BCUT2D eigenvalue weighted by molar-refractivity contribution is 8.18. The Hall–Kier alpha value is -2.77. The summed E-state index contributed by atoms with van der Waals surface area (Å²) >= 11 is 7.37. The van der Waals surface area contributed by atoms with E-state index in [9.17, 15) is 9.59 Å². The van der Waals surface area contributed by atoms with Gasteiger partial charge in [-0.2, -0.15) is 0 Å². The fraction of sp³-hybridized carbons (Fsp3) is 0.227. The molecule has 0 spiro atoms. The molecule has 1 heterocycles. The lowest BCUT2D eigenvalue weighted by Crippen LogP contribution is -2.28. The van der Waals surface area contributed by atoms with E-state index in [2.05, 4.69) is 4.99 Å². The molecule has 0 N–H and O–H groups in total. The summed E-state index contributed by atoms with van der Waals surface area (Å²) in [6.07, 6.45) is 1.75. The highest BCUT2D eigenvalue weighted by Gasteiger charge is 2.32. The van der Waals surface area contributed by atoms with Crippen molar-refractivity contribution in [2.24, 2.45) is 4.99 Å². The zero-order valence-electron chi connectivity index (χ0n) is 16.8. The maximum absolute atomic E-state index is 12.9. The standard InChI is InChI=1S/C22H21ClN2O4S/c1-4-25-20(26)19(13-15-11-16(23)9-10-18(15)28-3)30-22(25)24-17-8-6-7-14(12-17)21(27)29-5-2/h6-13H,4-5H2,1-3H3. The van der Waals surface area contributed by atoms with Crippen LogP contribution in [0, 0.1) is 0 Å². The Morgan fingerprint density at radius 1 is 1.23 bits per heavy atom. The molecule has 156 valence electrons. The van der Waals surface area contributed by atoms with Gasteiger partial charge in [0.15, 0.2) is 5.17 Å². The largest absolute Gasteiger partial charge is 0.496 e. The minimum Gasteiger partial charge on any atom is -0.496 e. The Balaban J connectivity index is 1.94. The van der Waals surface area contributed by atoms with Crippen molar-refractivity contribution in [2.75, 3.05) is 20.3 Å². The molecule has 2 aromatic rings. The number of aliphatic imine (C=N–C) groups is 1. The molecule has 0 aliphatic carbocycles. The Bertz CT molecular complexity index is 1040. The van der Waals surface area contributed by atoms with Crippen LogP contribution < -0.4 is 4.74 Å². The zero-order chi connectivity index (χ0) is 21.7. The molecule has 0 unspecified atom stereocenters. The van der Waals surface area contributed by atoms with Crippen molar-refractivity contribution >= 4 is 52.2 Å². The first-order chi connectivity index (χ1) is 14.5. The van der Waals surface area contributed by atoms with Gasteiger partial charge in [0, 0.05) is 17.1 Å². The summed E-state index contributed by atoms with van der Waals surface area (Å²) in [6, 6.07) is 12.1. The van der Waals surface area contributed by atoms with Crippen molar-refractivity contribution in [3.8, 4) is 5.75 Å². The monoisotopic (exact) mass is 444 g/mol. The van der Waals surface area contributed by atoms with Gasteiger partial charge in [-0.25, -0.2) is 9.79 Å². The number of benzene rings is 2. The molecule has 0 saturated carbocycles. The average Bonchev–Trinajstić information content (AvgIpc) is 3.02. The maximum Gasteiger partial charge on any atom is 0.338 e. The number of esters is 1. The second kappa shape index (κ2) is 9.82. The van der Waals surface area contributed by atoms with Gasteiger partial charge in [0.1, 0.15) is 5.75 Å². The minimum atomic E-state index is -0.407. The van der Waals surface area contributed by atoms with Gasteiger partial charge in [-0.05, 0) is 68.1 Å². The van der Waals surface area contributed by atoms with Crippen LogP contribution in [0.2, 0.25) is 5.02 Å². The van der Waals surface area contributed by atoms with Gasteiger partial charge in [-0.15, -0.1) is 0 Å². The first kappa shape index (κ1) is 21.9. The number of carbonyl (C=O) groups excluding carboxylic acids is 2. The number of halogens is 1. The third-order valence-electron chi connectivity index (χ3n) is 4.26. The average molecular weight is 445 g/mol. The first-order valence-electron chi connectivity index (χ1n) is 9.37. The van der Waals surface area contributed by atoms with Gasteiger partial charge in [0.05, 0.1) is 29.9 Å². The van der Waals surface area contributed by atoms with Crippen LogP contribution in [0.5, 0.6) is 5.75 Å². The number of ether oxygens (including phenoxy) is 2. The number of amides is 1. The van der Waals surface area contributed by atoms with Gasteiger partial charge in [-0.1, -0.05) is 17.7 Å². The quantitative estimate of drug-likeness (QED) is 0.455. The summed E-state index contributed by atoms with van der Waals surface area (Å²) in [6.45, 7) is 4.40. The molecular formula is C22H21ClN2O4S. The second-order valence-corrected chi connectivity index (χ2v) is 7.66. The molecule has 6 nitrogen and oxygen atoms in total. The summed E-state index contributed by atoms with van der Waals surface area (Å²) in [5.74, 6) is 0.0661. The molecule has 2 aromatic carbocycles. The summed E-state index contributed by atoms with van der Waals surface area (Å²) in [7, 11) is 1.57. The van der Waals surface area contributed by atoms with Gasteiger partial charge in [0.2, 0.25) is 0 Å². The van der Waals surface area contributed by atoms with Crippen molar-refractivity contribution in [3.05, 3.63) is 63.5 Å². The molecule has 8 heteroatoms. The van der Waals surface area contributed by atoms with E-state index in [0.29, 0.717) is 50.8 Å². The van der Waals surface area contributed by atoms with Crippen LogP contribution in [0.3, 0.4) is 0 Å². The van der Waals surface area contributed by atoms with Gasteiger partial charge in [0.25, 0.3) is 5.91 Å². The molecule has 30 heavy (non-hydrogen) atoms. The fourth-order valence-corrected chi connectivity index (χ4v) is 4.09. The normalized spacial score (nSPS) is 16.4. The lowest BCUT2D eigenvalue weighted by molar-refractivity contribution is -0.122. The van der Waals surface area contributed by atoms with E-state index in [-0.39, 0.29) is 5.91 Å². The predicted molar refractivity (Wildman–Crippen MR) is 120 cm³/mol. The number of thioether (sulfide) groups is 1. The topological polar surface area (TPSA) is 68.2 Å². The van der Waals surface area contributed by atoms with Gasteiger partial charge >= 0.3 is 5.97 Å². The molecule has 1 amide bonds. The van der Waals surface area contributed by atoms with Crippen molar-refractivity contribution in [2.45, 2.75) is 13.8 Å². The van der Waals surface area contributed by atoms with Crippen LogP contribution >= 0.6 is 23.4 Å². The molecule has 0 radical (unpaired) electrons. The first-order valence-corrected chi connectivity index (χ1v) is 10.6. The molecule has 1 fully saturated rings. The van der Waals surface area contributed by atoms with E-state index in [4.69, 9.17) is 21.1 Å². The maximum atomic E-state index is 12.9. The SMILES string of the molecule is CCOC(=O)c1cccc(N=C2SC(=Cc3cc(Cl)ccc3OC)C(=O)N2CC)c1. The van der Waals surface area contributed by atoms with Crippen molar-refractivity contribution < 1.29 is 19.1 Å². The van der Waals surface area contributed by atoms with Crippen LogP contribution in [0.1, 0.15) is 29.8 Å². The molecule has 1 aliphatic rings. The Labute approximate surface area is 184 Å². The second-order valence-electron chi connectivity index (χ2n) is 6.21. The molecular weight excluding hydrogens is 424 g/mol. The third-order valence-corrected chi connectivity index (χ3v) is 5.51. The smallest absolute Gasteiger partial charge is 0.338 e. The summed E-state index contributed by atoms with van der Waals surface area (Å²) in [4.78, 5) is 31.6. The number of nitrogens with zero attached hydrogens (tertiary/aromatic N) is 2. The van der Waals surface area contributed by atoms with E-state index < -0.39 is 5.97 Å². The number of likely N-dealkylation sites (N-methyl/N-ethyl adjacent to an activating group) is 1. The van der Waals surface area contributed by atoms with Gasteiger partial charge < -0.3 is 9.47 Å². The summed E-state index contributed by atoms with van der Waals surface area (Å²) in [5.41, 5.74) is 1.69. The lowest BCUT2D eigenvalue weighted by atomic mass is 10.2. The Kier molecular flexibility index (Phi) is 7.18. The Morgan fingerprint density at radius 3 is 2.73 bits per heavy atom. The number of carbonyl (C=O) groups is 2. The summed E-state index contributed by atoms with van der Waals surface area (Å²) < 4.78 is 10.4. The number of amidine groups is 1. The Morgan fingerprint density at radius 2 is 2.03 bits per heavy atom. The third kappa shape index (κ3) is 4.86. The van der Waals surface area contributed by atoms with Crippen LogP contribution in [0.25, 0.3) is 6.08 Å².